The summed E-state index contributed by atoms with van der Waals surface area (Å²) in [6.45, 7) is 0. The lowest BCUT2D eigenvalue weighted by Gasteiger charge is -2.15. The van der Waals surface area contributed by atoms with Crippen LogP contribution in [0.15, 0.2) is 9.98 Å². The van der Waals surface area contributed by atoms with Crippen molar-refractivity contribution in [1.29, 1.82) is 0 Å². The highest BCUT2D eigenvalue weighted by Gasteiger charge is 2.33. The van der Waals surface area contributed by atoms with E-state index >= 15 is 0 Å². The van der Waals surface area contributed by atoms with Crippen LogP contribution in [-0.4, -0.2) is 29.2 Å². The molecule has 0 aromatic rings. The third-order valence-electron chi connectivity index (χ3n) is 1.86. The Morgan fingerprint density at radius 3 is 2.85 bits per heavy atom. The van der Waals surface area contributed by atoms with Gasteiger partial charge in [0.2, 0.25) is 0 Å². The summed E-state index contributed by atoms with van der Waals surface area (Å²) in [5.41, 5.74) is 5.30. The van der Waals surface area contributed by atoms with Gasteiger partial charge in [-0.15, -0.1) is 0 Å². The number of nitrogens with two attached hydrogens (primary N) is 1. The minimum absolute atomic E-state index is 0.107. The molecule has 70 valence electrons. The second kappa shape index (κ2) is 2.72. The van der Waals surface area contributed by atoms with Crippen LogP contribution in [0.25, 0.3) is 0 Å². The van der Waals surface area contributed by atoms with Crippen molar-refractivity contribution < 1.29 is 14.6 Å². The molecule has 0 bridgehead atoms. The Bertz CT molecular complexity index is 306. The van der Waals surface area contributed by atoms with Gasteiger partial charge in [0.15, 0.2) is 0 Å². The number of carboxylic acid groups (broad SMARTS) is 1. The van der Waals surface area contributed by atoms with E-state index in [1.807, 2.05) is 0 Å². The van der Waals surface area contributed by atoms with Crippen LogP contribution >= 0.6 is 0 Å². The van der Waals surface area contributed by atoms with Crippen molar-refractivity contribution in [3.63, 3.8) is 0 Å². The third kappa shape index (κ3) is 1.61. The van der Waals surface area contributed by atoms with Crippen molar-refractivity contribution in [2.45, 2.75) is 19.1 Å². The summed E-state index contributed by atoms with van der Waals surface area (Å²) in [4.78, 5) is 18.2. The van der Waals surface area contributed by atoms with Crippen molar-refractivity contribution in [3.05, 3.63) is 0 Å². The molecule has 6 nitrogen and oxygen atoms in total. The molecule has 2 aliphatic rings. The predicted molar refractivity (Wildman–Crippen MR) is 44.3 cm³/mol. The molecule has 13 heavy (non-hydrogen) atoms. The molecular weight excluding hydrogens is 174 g/mol. The highest BCUT2D eigenvalue weighted by Crippen LogP contribution is 2.32. The number of rotatable bonds is 2. The second-order valence-electron chi connectivity index (χ2n) is 3.02. The Kier molecular flexibility index (Phi) is 1.68. The Labute approximate surface area is 74.1 Å². The number of carboxylic acids is 1. The van der Waals surface area contributed by atoms with Gasteiger partial charge in [0, 0.05) is 5.92 Å². The van der Waals surface area contributed by atoms with Crippen molar-refractivity contribution in [2.24, 2.45) is 21.6 Å². The number of carbonyl (C=O) groups is 1. The van der Waals surface area contributed by atoms with Crippen molar-refractivity contribution >= 4 is 17.8 Å². The lowest BCUT2D eigenvalue weighted by molar-refractivity contribution is -0.145. The van der Waals surface area contributed by atoms with E-state index in [1.165, 1.54) is 0 Å². The summed E-state index contributed by atoms with van der Waals surface area (Å²) in [5, 5.41) is 8.63. The van der Waals surface area contributed by atoms with Gasteiger partial charge in [-0.1, -0.05) is 0 Å². The van der Waals surface area contributed by atoms with E-state index in [0.717, 1.165) is 12.8 Å². The number of aliphatic carboxylic acids is 1. The number of hydrogen-bond acceptors (Lipinski definition) is 5. The van der Waals surface area contributed by atoms with E-state index in [1.54, 1.807) is 0 Å². The normalized spacial score (nSPS) is 27.2. The topological polar surface area (TPSA) is 97.3 Å². The molecule has 1 heterocycles. The van der Waals surface area contributed by atoms with Gasteiger partial charge in [0.05, 0.1) is 0 Å². The molecule has 1 atom stereocenters. The molecule has 1 aliphatic carbocycles. The Balaban J connectivity index is 2.19. The van der Waals surface area contributed by atoms with Crippen LogP contribution in [-0.2, 0) is 9.53 Å². The smallest absolute Gasteiger partial charge is 0.368 e. The highest BCUT2D eigenvalue weighted by atomic mass is 16.5. The minimum atomic E-state index is -1.21. The van der Waals surface area contributed by atoms with E-state index in [-0.39, 0.29) is 11.9 Å². The SMILES string of the molecule is NC1=NC(C2CC2)=NC(C(=O)O)O1. The van der Waals surface area contributed by atoms with E-state index in [2.05, 4.69) is 9.98 Å². The Morgan fingerprint density at radius 1 is 1.62 bits per heavy atom. The summed E-state index contributed by atoms with van der Waals surface area (Å²) in [6, 6.07) is -0.107. The fourth-order valence-corrected chi connectivity index (χ4v) is 1.07. The average Bonchev–Trinajstić information content (AvgIpc) is 2.85. The standard InChI is InChI=1S/C7H9N3O3/c8-7-10-4(3-1-2-3)9-5(13-7)6(11)12/h3,5H,1-2H2,(H,11,12)(H2,8,9,10). The van der Waals surface area contributed by atoms with Gasteiger partial charge < -0.3 is 15.6 Å². The maximum atomic E-state index is 10.5. The van der Waals surface area contributed by atoms with Gasteiger partial charge in [-0.3, -0.25) is 0 Å². The van der Waals surface area contributed by atoms with Crippen molar-refractivity contribution in [3.8, 4) is 0 Å². The number of nitrogens with zero attached hydrogens (tertiary/aromatic N) is 2. The molecular formula is C7H9N3O3. The van der Waals surface area contributed by atoms with Gasteiger partial charge in [-0.05, 0) is 12.8 Å². The quantitative estimate of drug-likeness (QED) is 0.605. The first-order valence-corrected chi connectivity index (χ1v) is 3.98. The van der Waals surface area contributed by atoms with Crippen LogP contribution < -0.4 is 5.73 Å². The van der Waals surface area contributed by atoms with Crippen LogP contribution in [0.1, 0.15) is 12.8 Å². The summed E-state index contributed by atoms with van der Waals surface area (Å²) in [6.07, 6.45) is 0.789. The molecule has 0 aromatic heterocycles. The first kappa shape index (κ1) is 8.03. The fraction of sp³-hybridized carbons (Fsp3) is 0.571. The Hall–Kier alpha value is -1.59. The van der Waals surface area contributed by atoms with Crippen LogP contribution in [0.4, 0.5) is 0 Å². The van der Waals surface area contributed by atoms with Crippen LogP contribution in [0.5, 0.6) is 0 Å². The fourth-order valence-electron chi connectivity index (χ4n) is 1.07. The van der Waals surface area contributed by atoms with Crippen LogP contribution in [0.2, 0.25) is 0 Å². The second-order valence-corrected chi connectivity index (χ2v) is 3.02. The first-order chi connectivity index (χ1) is 6.16. The van der Waals surface area contributed by atoms with Crippen molar-refractivity contribution in [1.82, 2.24) is 0 Å². The molecule has 0 amide bonds. The molecule has 3 N–H and O–H groups in total. The maximum Gasteiger partial charge on any atom is 0.368 e. The van der Waals surface area contributed by atoms with Gasteiger partial charge in [0.1, 0.15) is 5.84 Å². The zero-order valence-corrected chi connectivity index (χ0v) is 6.80. The predicted octanol–water partition coefficient (Wildman–Crippen LogP) is -0.450. The van der Waals surface area contributed by atoms with Gasteiger partial charge in [0.25, 0.3) is 12.2 Å². The molecule has 1 unspecified atom stereocenters. The molecule has 0 radical (unpaired) electrons. The number of hydrogen-bond donors (Lipinski definition) is 2. The molecule has 1 fully saturated rings. The van der Waals surface area contributed by atoms with E-state index in [4.69, 9.17) is 15.6 Å². The zero-order valence-electron chi connectivity index (χ0n) is 6.80. The summed E-state index contributed by atoms with van der Waals surface area (Å²) in [5.74, 6) is -0.351. The third-order valence-corrected chi connectivity index (χ3v) is 1.86. The summed E-state index contributed by atoms with van der Waals surface area (Å²) in [7, 11) is 0. The summed E-state index contributed by atoms with van der Waals surface area (Å²) >= 11 is 0. The van der Waals surface area contributed by atoms with Crippen LogP contribution in [0, 0.1) is 5.92 Å². The minimum Gasteiger partial charge on any atom is -0.477 e. The lowest BCUT2D eigenvalue weighted by Crippen LogP contribution is -2.34. The van der Waals surface area contributed by atoms with Gasteiger partial charge >= 0.3 is 5.97 Å². The van der Waals surface area contributed by atoms with Crippen molar-refractivity contribution in [2.75, 3.05) is 0 Å². The lowest BCUT2D eigenvalue weighted by atomic mass is 10.4. The molecule has 1 aliphatic heterocycles. The molecule has 0 aromatic carbocycles. The molecule has 2 rings (SSSR count). The highest BCUT2D eigenvalue weighted by molar-refractivity contribution is 5.99. The molecule has 0 saturated heterocycles. The van der Waals surface area contributed by atoms with E-state index in [9.17, 15) is 4.79 Å². The number of ether oxygens (including phenoxy) is 1. The number of aliphatic imine (C=N–C) groups is 2. The number of amidine groups is 2. The molecule has 1 saturated carbocycles. The Morgan fingerprint density at radius 2 is 2.31 bits per heavy atom. The van der Waals surface area contributed by atoms with E-state index in [0.29, 0.717) is 5.84 Å². The largest absolute Gasteiger partial charge is 0.477 e. The molecule has 6 heteroatoms. The molecule has 0 spiro atoms. The van der Waals surface area contributed by atoms with E-state index < -0.39 is 12.2 Å². The average molecular weight is 183 g/mol. The zero-order chi connectivity index (χ0) is 9.42. The van der Waals surface area contributed by atoms with Gasteiger partial charge in [-0.25, -0.2) is 9.79 Å². The van der Waals surface area contributed by atoms with Gasteiger partial charge in [-0.2, -0.15) is 4.99 Å². The summed E-state index contributed by atoms with van der Waals surface area (Å²) < 4.78 is 4.70. The monoisotopic (exact) mass is 183 g/mol. The first-order valence-electron chi connectivity index (χ1n) is 3.98. The van der Waals surface area contributed by atoms with Crippen LogP contribution in [0.3, 0.4) is 0 Å². The maximum absolute atomic E-state index is 10.5.